The van der Waals surface area contributed by atoms with Crippen LogP contribution in [0.2, 0.25) is 10.0 Å². The molecule has 1 unspecified atom stereocenters. The number of pyridine rings is 1. The first-order chi connectivity index (χ1) is 16.3. The number of carbonyl (C=O) groups excluding carboxylic acids is 1. The number of ether oxygens (including phenoxy) is 3. The molecule has 3 aromatic rings. The molecular formula is C25H27Cl2N3O4. The molecule has 1 atom stereocenters. The maximum atomic E-state index is 13.0. The number of rotatable bonds is 6. The van der Waals surface area contributed by atoms with E-state index in [1.54, 1.807) is 39.3 Å². The van der Waals surface area contributed by atoms with Crippen LogP contribution in [0.15, 0.2) is 36.4 Å². The summed E-state index contributed by atoms with van der Waals surface area (Å²) in [7, 11) is 3.29. The number of aromatic nitrogens is 1. The van der Waals surface area contributed by atoms with Crippen LogP contribution in [0.3, 0.4) is 0 Å². The Morgan fingerprint density at radius 2 is 1.65 bits per heavy atom. The highest BCUT2D eigenvalue weighted by Gasteiger charge is 2.27. The number of anilines is 1. The number of nitrogens with zero attached hydrogens (tertiary/aromatic N) is 3. The van der Waals surface area contributed by atoms with Crippen molar-refractivity contribution in [3.8, 4) is 17.2 Å². The molecule has 34 heavy (non-hydrogen) atoms. The number of carbonyl (C=O) groups is 1. The lowest BCUT2D eigenvalue weighted by atomic mass is 10.1. The van der Waals surface area contributed by atoms with Crippen LogP contribution in [-0.2, 0) is 4.79 Å². The highest BCUT2D eigenvalue weighted by atomic mass is 35.5. The van der Waals surface area contributed by atoms with Crippen molar-refractivity contribution < 1.29 is 19.0 Å². The number of benzene rings is 2. The van der Waals surface area contributed by atoms with Crippen LogP contribution in [0.25, 0.3) is 10.9 Å². The van der Waals surface area contributed by atoms with Crippen molar-refractivity contribution in [2.24, 2.45) is 0 Å². The molecule has 1 fully saturated rings. The maximum Gasteiger partial charge on any atom is 0.263 e. The molecular weight excluding hydrogens is 477 g/mol. The Morgan fingerprint density at radius 1 is 0.971 bits per heavy atom. The van der Waals surface area contributed by atoms with Crippen molar-refractivity contribution in [1.82, 2.24) is 9.88 Å². The average Bonchev–Trinajstić information content (AvgIpc) is 2.85. The second-order valence-corrected chi connectivity index (χ2v) is 8.95. The van der Waals surface area contributed by atoms with E-state index in [1.165, 1.54) is 0 Å². The lowest BCUT2D eigenvalue weighted by Crippen LogP contribution is -2.52. The van der Waals surface area contributed by atoms with Crippen LogP contribution in [0, 0.1) is 6.92 Å². The summed E-state index contributed by atoms with van der Waals surface area (Å²) in [5.74, 6) is 2.75. The zero-order chi connectivity index (χ0) is 24.4. The Hall–Kier alpha value is -2.90. The van der Waals surface area contributed by atoms with Crippen LogP contribution in [0.5, 0.6) is 17.2 Å². The van der Waals surface area contributed by atoms with Crippen molar-refractivity contribution in [3.05, 3.63) is 52.0 Å². The fraction of sp³-hybridized carbons (Fsp3) is 0.360. The Balaban J connectivity index is 1.46. The molecule has 0 radical (unpaired) electrons. The zero-order valence-corrected chi connectivity index (χ0v) is 21.1. The van der Waals surface area contributed by atoms with Crippen LogP contribution in [-0.4, -0.2) is 62.3 Å². The fourth-order valence-electron chi connectivity index (χ4n) is 4.17. The maximum absolute atomic E-state index is 13.0. The fourth-order valence-corrected chi connectivity index (χ4v) is 4.46. The van der Waals surface area contributed by atoms with E-state index in [1.807, 2.05) is 24.0 Å². The predicted octanol–water partition coefficient (Wildman–Crippen LogP) is 4.98. The lowest BCUT2D eigenvalue weighted by Gasteiger charge is -2.36. The topological polar surface area (TPSA) is 64.1 Å². The van der Waals surface area contributed by atoms with Gasteiger partial charge in [0.15, 0.2) is 6.10 Å². The molecule has 2 heterocycles. The molecule has 0 saturated carbocycles. The Morgan fingerprint density at radius 3 is 2.29 bits per heavy atom. The Bertz CT molecular complexity index is 1210. The number of halogens is 2. The normalized spacial score (nSPS) is 14.8. The molecule has 1 amide bonds. The third kappa shape index (κ3) is 4.81. The lowest BCUT2D eigenvalue weighted by molar-refractivity contribution is -0.138. The number of piperazine rings is 1. The van der Waals surface area contributed by atoms with E-state index in [0.29, 0.717) is 47.7 Å². The number of fused-ring (bicyclic) bond motifs is 1. The predicted molar refractivity (Wildman–Crippen MR) is 135 cm³/mol. The quantitative estimate of drug-likeness (QED) is 0.472. The molecule has 9 heteroatoms. The van der Waals surface area contributed by atoms with Crippen molar-refractivity contribution in [2.45, 2.75) is 20.0 Å². The van der Waals surface area contributed by atoms with Gasteiger partial charge in [-0.25, -0.2) is 4.98 Å². The van der Waals surface area contributed by atoms with E-state index in [-0.39, 0.29) is 5.91 Å². The third-order valence-electron chi connectivity index (χ3n) is 5.98. The van der Waals surface area contributed by atoms with E-state index in [2.05, 4.69) is 11.0 Å². The van der Waals surface area contributed by atoms with Gasteiger partial charge in [-0.15, -0.1) is 0 Å². The summed E-state index contributed by atoms with van der Waals surface area (Å²) in [5.41, 5.74) is 1.82. The first-order valence-corrected chi connectivity index (χ1v) is 11.8. The van der Waals surface area contributed by atoms with Gasteiger partial charge in [0.05, 0.1) is 24.3 Å². The van der Waals surface area contributed by atoms with E-state index in [9.17, 15) is 4.79 Å². The van der Waals surface area contributed by atoms with Crippen molar-refractivity contribution in [3.63, 3.8) is 0 Å². The van der Waals surface area contributed by atoms with Gasteiger partial charge in [0.25, 0.3) is 5.91 Å². The second-order valence-electron chi connectivity index (χ2n) is 8.14. The molecule has 1 saturated heterocycles. The summed E-state index contributed by atoms with van der Waals surface area (Å²) in [6.07, 6.45) is -0.637. The Kier molecular flexibility index (Phi) is 7.24. The van der Waals surface area contributed by atoms with Gasteiger partial charge in [0.1, 0.15) is 28.6 Å². The number of hydrogen-bond donors (Lipinski definition) is 0. The highest BCUT2D eigenvalue weighted by Crippen LogP contribution is 2.36. The number of hydrogen-bond acceptors (Lipinski definition) is 6. The van der Waals surface area contributed by atoms with Gasteiger partial charge in [0, 0.05) is 37.6 Å². The molecule has 7 nitrogen and oxygen atoms in total. The van der Waals surface area contributed by atoms with Crippen LogP contribution >= 0.6 is 23.2 Å². The van der Waals surface area contributed by atoms with Gasteiger partial charge in [-0.05, 0) is 49.7 Å². The van der Waals surface area contributed by atoms with Crippen LogP contribution in [0.1, 0.15) is 12.5 Å². The number of methoxy groups -OCH3 is 2. The van der Waals surface area contributed by atoms with E-state index in [4.69, 9.17) is 42.4 Å². The zero-order valence-electron chi connectivity index (χ0n) is 19.6. The van der Waals surface area contributed by atoms with Gasteiger partial charge in [-0.3, -0.25) is 4.79 Å². The minimum absolute atomic E-state index is 0.0696. The van der Waals surface area contributed by atoms with Crippen molar-refractivity contribution in [1.29, 1.82) is 0 Å². The van der Waals surface area contributed by atoms with Gasteiger partial charge in [0.2, 0.25) is 0 Å². The van der Waals surface area contributed by atoms with E-state index >= 15 is 0 Å². The number of amides is 1. The molecule has 1 aromatic heterocycles. The van der Waals surface area contributed by atoms with Crippen LogP contribution in [0.4, 0.5) is 5.82 Å². The summed E-state index contributed by atoms with van der Waals surface area (Å²) < 4.78 is 16.9. The smallest absolute Gasteiger partial charge is 0.263 e. The minimum Gasteiger partial charge on any atom is -0.496 e. The highest BCUT2D eigenvalue weighted by molar-refractivity contribution is 6.42. The summed E-state index contributed by atoms with van der Waals surface area (Å²) in [5, 5.41) is 1.77. The largest absolute Gasteiger partial charge is 0.496 e. The van der Waals surface area contributed by atoms with Crippen molar-refractivity contribution >= 4 is 45.8 Å². The molecule has 0 spiro atoms. The van der Waals surface area contributed by atoms with Gasteiger partial charge >= 0.3 is 0 Å². The summed E-state index contributed by atoms with van der Waals surface area (Å²) in [6, 6.07) is 10.8. The molecule has 180 valence electrons. The van der Waals surface area contributed by atoms with E-state index < -0.39 is 6.10 Å². The van der Waals surface area contributed by atoms with Gasteiger partial charge in [-0.2, -0.15) is 0 Å². The standard InChI is InChI=1S/C25H27Cl2N3O4/c1-15-13-22(28-24-21(33-4)8-7-20(32-3)23(15)24)29-9-11-30(12-10-29)25(31)16(2)34-17-5-6-18(26)19(27)14-17/h5-8,13-14,16H,9-12H2,1-4H3. The van der Waals surface area contributed by atoms with Gasteiger partial charge in [-0.1, -0.05) is 23.2 Å². The molecule has 0 bridgehead atoms. The summed E-state index contributed by atoms with van der Waals surface area (Å²) >= 11 is 12.0. The number of aryl methyl sites for hydroxylation is 1. The molecule has 2 aromatic carbocycles. The molecule has 1 aliphatic heterocycles. The summed E-state index contributed by atoms with van der Waals surface area (Å²) in [4.78, 5) is 21.8. The third-order valence-corrected chi connectivity index (χ3v) is 6.71. The average molecular weight is 504 g/mol. The molecule has 0 N–H and O–H groups in total. The second kappa shape index (κ2) is 10.2. The van der Waals surface area contributed by atoms with Crippen LogP contribution < -0.4 is 19.1 Å². The monoisotopic (exact) mass is 503 g/mol. The van der Waals surface area contributed by atoms with E-state index in [0.717, 1.165) is 28.0 Å². The Labute approximate surface area is 209 Å². The first-order valence-electron chi connectivity index (χ1n) is 11.0. The first kappa shape index (κ1) is 24.2. The minimum atomic E-state index is -0.637. The molecule has 0 aliphatic carbocycles. The molecule has 1 aliphatic rings. The summed E-state index contributed by atoms with van der Waals surface area (Å²) in [6.45, 7) is 6.25. The molecule has 4 rings (SSSR count). The SMILES string of the molecule is COc1ccc(OC)c2c(C)cc(N3CCN(C(=O)C(C)Oc4ccc(Cl)c(Cl)c4)CC3)nc12. The van der Waals surface area contributed by atoms with Gasteiger partial charge < -0.3 is 24.0 Å². The van der Waals surface area contributed by atoms with Crippen molar-refractivity contribution in [2.75, 3.05) is 45.3 Å².